The summed E-state index contributed by atoms with van der Waals surface area (Å²) in [4.78, 5) is 6.55. The fraction of sp³-hybridized carbons (Fsp3) is 0.400. The number of aliphatic hydroxyl groups is 2. The maximum Gasteiger partial charge on any atom is 0.0990 e. The maximum atomic E-state index is 9.74. The molecular formula is C15H18N2O2. The minimum absolute atomic E-state index is 0.467. The Labute approximate surface area is 112 Å². The molecule has 0 amide bonds. The fourth-order valence-corrected chi connectivity index (χ4v) is 2.83. The summed E-state index contributed by atoms with van der Waals surface area (Å²) in [6.07, 6.45) is 0.515. The van der Waals surface area contributed by atoms with Crippen molar-refractivity contribution in [3.05, 3.63) is 35.5 Å². The average Bonchev–Trinajstić information content (AvgIpc) is 2.69. The van der Waals surface area contributed by atoms with Crippen molar-refractivity contribution in [1.82, 2.24) is 4.98 Å². The normalized spacial score (nSPS) is 23.3. The molecule has 1 aromatic carbocycles. The molecule has 2 atom stereocenters. The lowest BCUT2D eigenvalue weighted by molar-refractivity contribution is 0.0572. The topological polar surface area (TPSA) is 56.6 Å². The number of rotatable bonds is 1. The predicted octanol–water partition coefficient (Wildman–Crippen LogP) is 1.39. The van der Waals surface area contributed by atoms with Crippen molar-refractivity contribution >= 4 is 16.6 Å². The van der Waals surface area contributed by atoms with E-state index in [1.807, 2.05) is 37.1 Å². The van der Waals surface area contributed by atoms with Crippen molar-refractivity contribution < 1.29 is 10.2 Å². The monoisotopic (exact) mass is 258 g/mol. The van der Waals surface area contributed by atoms with Crippen LogP contribution >= 0.6 is 0 Å². The van der Waals surface area contributed by atoms with E-state index in [0.717, 1.165) is 27.7 Å². The molecule has 2 unspecified atom stereocenters. The van der Waals surface area contributed by atoms with Crippen LogP contribution in [0.1, 0.15) is 11.1 Å². The first-order valence-corrected chi connectivity index (χ1v) is 6.54. The molecule has 2 heterocycles. The Hall–Kier alpha value is -1.65. The van der Waals surface area contributed by atoms with E-state index in [-0.39, 0.29) is 0 Å². The number of aliphatic hydroxyl groups excluding tert-OH is 2. The summed E-state index contributed by atoms with van der Waals surface area (Å²) in [5, 5.41) is 20.6. The Morgan fingerprint density at radius 2 is 1.79 bits per heavy atom. The van der Waals surface area contributed by atoms with Crippen LogP contribution in [0.25, 0.3) is 10.9 Å². The Balaban J connectivity index is 2.17. The van der Waals surface area contributed by atoms with E-state index >= 15 is 0 Å². The largest absolute Gasteiger partial charge is 0.389 e. The van der Waals surface area contributed by atoms with Crippen LogP contribution in [-0.4, -0.2) is 40.5 Å². The van der Waals surface area contributed by atoms with Gasteiger partial charge in [-0.05, 0) is 25.0 Å². The highest BCUT2D eigenvalue weighted by Crippen LogP contribution is 2.32. The fourth-order valence-electron chi connectivity index (χ4n) is 2.83. The predicted molar refractivity (Wildman–Crippen MR) is 75.4 cm³/mol. The van der Waals surface area contributed by atoms with Crippen LogP contribution in [0.15, 0.2) is 24.4 Å². The van der Waals surface area contributed by atoms with Gasteiger partial charge in [0.1, 0.15) is 0 Å². The van der Waals surface area contributed by atoms with Crippen LogP contribution in [-0.2, 0) is 0 Å². The highest BCUT2D eigenvalue weighted by Gasteiger charge is 2.31. The van der Waals surface area contributed by atoms with E-state index in [1.54, 1.807) is 0 Å². The van der Waals surface area contributed by atoms with Crippen LogP contribution in [0.4, 0.5) is 5.69 Å². The van der Waals surface area contributed by atoms with Gasteiger partial charge in [-0.3, -0.25) is 4.98 Å². The Bertz CT molecular complexity index is 617. The van der Waals surface area contributed by atoms with E-state index in [2.05, 4.69) is 11.1 Å². The minimum atomic E-state index is -0.674. The lowest BCUT2D eigenvalue weighted by Crippen LogP contribution is -2.22. The summed E-state index contributed by atoms with van der Waals surface area (Å²) < 4.78 is 0. The minimum Gasteiger partial charge on any atom is -0.389 e. The number of pyridine rings is 1. The zero-order valence-corrected chi connectivity index (χ0v) is 11.2. The number of hydrogen-bond acceptors (Lipinski definition) is 4. The van der Waals surface area contributed by atoms with E-state index in [0.29, 0.717) is 13.1 Å². The van der Waals surface area contributed by atoms with Gasteiger partial charge in [0.25, 0.3) is 0 Å². The third-order valence-corrected chi connectivity index (χ3v) is 3.83. The van der Waals surface area contributed by atoms with Crippen LogP contribution in [0, 0.1) is 13.8 Å². The van der Waals surface area contributed by atoms with E-state index in [4.69, 9.17) is 0 Å². The molecule has 1 aromatic heterocycles. The molecule has 0 bridgehead atoms. The van der Waals surface area contributed by atoms with Crippen molar-refractivity contribution in [2.24, 2.45) is 0 Å². The number of anilines is 1. The van der Waals surface area contributed by atoms with Crippen molar-refractivity contribution in [2.75, 3.05) is 18.0 Å². The number of aryl methyl sites for hydroxylation is 2. The smallest absolute Gasteiger partial charge is 0.0990 e. The summed E-state index contributed by atoms with van der Waals surface area (Å²) in [7, 11) is 0. The van der Waals surface area contributed by atoms with Gasteiger partial charge < -0.3 is 15.1 Å². The molecule has 0 spiro atoms. The number of para-hydroxylation sites is 1. The van der Waals surface area contributed by atoms with Crippen LogP contribution in [0.3, 0.4) is 0 Å². The second-order valence-corrected chi connectivity index (χ2v) is 5.30. The van der Waals surface area contributed by atoms with Gasteiger partial charge in [-0.2, -0.15) is 0 Å². The molecule has 100 valence electrons. The zero-order valence-electron chi connectivity index (χ0n) is 11.2. The van der Waals surface area contributed by atoms with Gasteiger partial charge in [0, 0.05) is 24.7 Å². The molecule has 1 aliphatic heterocycles. The molecule has 0 aliphatic carbocycles. The molecule has 0 saturated carbocycles. The van der Waals surface area contributed by atoms with Gasteiger partial charge >= 0.3 is 0 Å². The van der Waals surface area contributed by atoms with Gasteiger partial charge in [0.05, 0.1) is 23.4 Å². The summed E-state index contributed by atoms with van der Waals surface area (Å²) in [5.41, 5.74) is 4.27. The number of fused-ring (bicyclic) bond motifs is 1. The first-order valence-electron chi connectivity index (χ1n) is 6.54. The van der Waals surface area contributed by atoms with Gasteiger partial charge in [-0.1, -0.05) is 18.2 Å². The van der Waals surface area contributed by atoms with Gasteiger partial charge in [-0.15, -0.1) is 0 Å². The summed E-state index contributed by atoms with van der Waals surface area (Å²) >= 11 is 0. The summed E-state index contributed by atoms with van der Waals surface area (Å²) in [6, 6.07) is 6.11. The molecular weight excluding hydrogens is 240 g/mol. The Kier molecular flexibility index (Phi) is 2.92. The first kappa shape index (κ1) is 12.4. The number of hydrogen-bond donors (Lipinski definition) is 2. The average molecular weight is 258 g/mol. The molecule has 1 fully saturated rings. The number of aromatic nitrogens is 1. The maximum absolute atomic E-state index is 9.74. The third kappa shape index (κ3) is 1.97. The highest BCUT2D eigenvalue weighted by atomic mass is 16.3. The number of benzene rings is 1. The molecule has 3 rings (SSSR count). The molecule has 2 N–H and O–H groups in total. The molecule has 4 nitrogen and oxygen atoms in total. The number of nitrogens with zero attached hydrogens (tertiary/aromatic N) is 2. The summed E-state index contributed by atoms with van der Waals surface area (Å²) in [5.74, 6) is 0. The van der Waals surface area contributed by atoms with Gasteiger partial charge in [-0.25, -0.2) is 0 Å². The van der Waals surface area contributed by atoms with Crippen LogP contribution < -0.4 is 4.90 Å². The summed E-state index contributed by atoms with van der Waals surface area (Å²) in [6.45, 7) is 4.99. The highest BCUT2D eigenvalue weighted by molar-refractivity contribution is 5.95. The third-order valence-electron chi connectivity index (χ3n) is 3.83. The molecule has 4 heteroatoms. The molecule has 1 saturated heterocycles. The molecule has 2 aromatic rings. The quantitative estimate of drug-likeness (QED) is 0.811. The molecule has 0 radical (unpaired) electrons. The van der Waals surface area contributed by atoms with Crippen LogP contribution in [0.5, 0.6) is 0 Å². The van der Waals surface area contributed by atoms with E-state index in [1.165, 1.54) is 0 Å². The lowest BCUT2D eigenvalue weighted by Gasteiger charge is -2.22. The van der Waals surface area contributed by atoms with Crippen molar-refractivity contribution in [3.63, 3.8) is 0 Å². The molecule has 1 aliphatic rings. The van der Waals surface area contributed by atoms with E-state index < -0.39 is 12.2 Å². The Morgan fingerprint density at radius 1 is 1.11 bits per heavy atom. The standard InChI is InChI=1S/C15H18N2O2/c1-9-4-3-5-11-14(9)16-6-10(2)15(11)17-7-12(18)13(19)8-17/h3-6,12-13,18-19H,7-8H2,1-2H3. The van der Waals surface area contributed by atoms with Crippen molar-refractivity contribution in [2.45, 2.75) is 26.1 Å². The molecule has 19 heavy (non-hydrogen) atoms. The van der Waals surface area contributed by atoms with Gasteiger partial charge in [0.15, 0.2) is 0 Å². The zero-order chi connectivity index (χ0) is 13.6. The Morgan fingerprint density at radius 3 is 2.47 bits per heavy atom. The number of β-amino-alcohol motifs (C(OH)–C–C–N with tert-alkyl or cyclic N) is 2. The SMILES string of the molecule is Cc1cnc2c(C)cccc2c1N1CC(O)C(O)C1. The second kappa shape index (κ2) is 4.47. The lowest BCUT2D eigenvalue weighted by atomic mass is 10.1. The second-order valence-electron chi connectivity index (χ2n) is 5.30. The van der Waals surface area contributed by atoms with E-state index in [9.17, 15) is 10.2 Å². The van der Waals surface area contributed by atoms with Crippen LogP contribution in [0.2, 0.25) is 0 Å². The first-order chi connectivity index (χ1) is 9.08. The van der Waals surface area contributed by atoms with Crippen molar-refractivity contribution in [1.29, 1.82) is 0 Å². The van der Waals surface area contributed by atoms with Gasteiger partial charge in [0.2, 0.25) is 0 Å². The van der Waals surface area contributed by atoms with Crippen molar-refractivity contribution in [3.8, 4) is 0 Å².